The van der Waals surface area contributed by atoms with Gasteiger partial charge in [0.2, 0.25) is 0 Å². The van der Waals surface area contributed by atoms with Crippen molar-refractivity contribution < 1.29 is 14.0 Å². The zero-order valence-electron chi connectivity index (χ0n) is 18.9. The molecule has 3 aromatic carbocycles. The molecule has 0 aromatic heterocycles. The van der Waals surface area contributed by atoms with E-state index in [0.717, 1.165) is 31.5 Å². The van der Waals surface area contributed by atoms with Gasteiger partial charge in [-0.2, -0.15) is 0 Å². The number of amides is 3. The summed E-state index contributed by atoms with van der Waals surface area (Å²) in [7, 11) is 0. The van der Waals surface area contributed by atoms with Crippen LogP contribution in [0.4, 0.5) is 26.2 Å². The molecule has 4 rings (SSSR count). The van der Waals surface area contributed by atoms with Gasteiger partial charge in [-0.1, -0.05) is 29.8 Å². The smallest absolute Gasteiger partial charge is 0.320 e. The van der Waals surface area contributed by atoms with E-state index in [1.54, 1.807) is 42.5 Å². The monoisotopic (exact) mass is 493 g/mol. The summed E-state index contributed by atoms with van der Waals surface area (Å²) in [6.07, 6.45) is 2.78. The molecule has 0 radical (unpaired) electrons. The molecule has 180 valence electrons. The maximum atomic E-state index is 14.6. The zero-order chi connectivity index (χ0) is 24.8. The van der Waals surface area contributed by atoms with Gasteiger partial charge in [0, 0.05) is 40.6 Å². The highest BCUT2D eigenvalue weighted by Gasteiger charge is 2.26. The molecule has 1 aliphatic rings. The molecule has 0 spiro atoms. The zero-order valence-corrected chi connectivity index (χ0v) is 19.6. The van der Waals surface area contributed by atoms with Crippen LogP contribution in [0.1, 0.15) is 30.9 Å². The van der Waals surface area contributed by atoms with Crippen molar-refractivity contribution in [3.05, 3.63) is 89.2 Å². The third-order valence-corrected chi connectivity index (χ3v) is 5.93. The van der Waals surface area contributed by atoms with E-state index >= 15 is 0 Å². The molecule has 0 unspecified atom stereocenters. The number of hydrogen-bond acceptors (Lipinski definition) is 3. The van der Waals surface area contributed by atoms with Crippen molar-refractivity contribution in [3.8, 4) is 0 Å². The van der Waals surface area contributed by atoms with Crippen LogP contribution in [0.25, 0.3) is 0 Å². The number of nitrogens with zero attached hydrogens (tertiary/aromatic N) is 1. The number of amidine groups is 1. The lowest BCUT2D eigenvalue weighted by Crippen LogP contribution is -2.39. The molecule has 0 bridgehead atoms. The van der Waals surface area contributed by atoms with Gasteiger partial charge in [-0.3, -0.25) is 10.2 Å². The summed E-state index contributed by atoms with van der Waals surface area (Å²) in [6, 6.07) is 17.4. The van der Waals surface area contributed by atoms with Crippen molar-refractivity contribution in [3.63, 3.8) is 0 Å². The van der Waals surface area contributed by atoms with E-state index < -0.39 is 23.8 Å². The second-order valence-electron chi connectivity index (χ2n) is 8.15. The van der Waals surface area contributed by atoms with Gasteiger partial charge in [-0.25, -0.2) is 9.18 Å². The van der Waals surface area contributed by atoms with E-state index in [1.807, 2.05) is 17.0 Å². The molecule has 1 fully saturated rings. The van der Waals surface area contributed by atoms with Gasteiger partial charge in [-0.05, 0) is 67.4 Å². The average molecular weight is 494 g/mol. The Bertz CT molecular complexity index is 1220. The average Bonchev–Trinajstić information content (AvgIpc) is 2.85. The first-order valence-corrected chi connectivity index (χ1v) is 11.6. The topological polar surface area (TPSA) is 97.3 Å². The number of halogens is 2. The predicted molar refractivity (Wildman–Crippen MR) is 137 cm³/mol. The molecule has 0 saturated carbocycles. The van der Waals surface area contributed by atoms with Crippen LogP contribution in [0.5, 0.6) is 0 Å². The standard InChI is InChI=1S/C26H25ClFN5O2/c27-17-8-10-19(11-9-17)31-26(35)32-24(21-5-1-2-6-22(21)28)25(34)30-18-12-14-20(15-13-18)33-16-4-3-7-23(33)29/h1-2,5-6,8-15,24,29H,3-4,7,16H2,(H,30,34)(H2,31,32,35)/t24-/m1/s1. The molecule has 1 atom stereocenters. The summed E-state index contributed by atoms with van der Waals surface area (Å²) >= 11 is 5.87. The summed E-state index contributed by atoms with van der Waals surface area (Å²) in [4.78, 5) is 27.7. The van der Waals surface area contributed by atoms with Crippen molar-refractivity contribution in [2.75, 3.05) is 22.1 Å². The van der Waals surface area contributed by atoms with Gasteiger partial charge < -0.3 is 20.9 Å². The number of carbonyl (C=O) groups is 2. The van der Waals surface area contributed by atoms with E-state index in [-0.39, 0.29) is 5.56 Å². The number of urea groups is 1. The summed E-state index contributed by atoms with van der Waals surface area (Å²) < 4.78 is 14.6. The van der Waals surface area contributed by atoms with Crippen LogP contribution >= 0.6 is 11.6 Å². The number of benzene rings is 3. The Morgan fingerprint density at radius 1 is 0.914 bits per heavy atom. The lowest BCUT2D eigenvalue weighted by molar-refractivity contribution is -0.118. The summed E-state index contributed by atoms with van der Waals surface area (Å²) in [5.41, 5.74) is 1.87. The fraction of sp³-hybridized carbons (Fsp3) is 0.192. The highest BCUT2D eigenvalue weighted by molar-refractivity contribution is 6.30. The minimum atomic E-state index is -1.28. The van der Waals surface area contributed by atoms with E-state index in [9.17, 15) is 14.0 Å². The Morgan fingerprint density at radius 3 is 2.26 bits per heavy atom. The summed E-state index contributed by atoms with van der Waals surface area (Å²) in [5.74, 6) is -0.637. The van der Waals surface area contributed by atoms with Crippen molar-refractivity contribution in [2.24, 2.45) is 0 Å². The minimum absolute atomic E-state index is 0.0367. The highest BCUT2D eigenvalue weighted by Crippen LogP contribution is 2.24. The number of hydrogen-bond donors (Lipinski definition) is 4. The molecular formula is C26H25ClFN5O2. The Kier molecular flexibility index (Phi) is 7.62. The van der Waals surface area contributed by atoms with Crippen LogP contribution in [-0.4, -0.2) is 24.3 Å². The molecule has 7 nitrogen and oxygen atoms in total. The van der Waals surface area contributed by atoms with Crippen molar-refractivity contribution >= 4 is 46.4 Å². The molecule has 0 aliphatic carbocycles. The number of nitrogens with one attached hydrogen (secondary N) is 4. The molecule has 9 heteroatoms. The van der Waals surface area contributed by atoms with Crippen LogP contribution in [0.2, 0.25) is 5.02 Å². The largest absolute Gasteiger partial charge is 0.330 e. The lowest BCUT2D eigenvalue weighted by Gasteiger charge is -2.29. The third-order valence-electron chi connectivity index (χ3n) is 5.67. The highest BCUT2D eigenvalue weighted by atomic mass is 35.5. The van der Waals surface area contributed by atoms with Crippen molar-refractivity contribution in [1.82, 2.24) is 5.32 Å². The van der Waals surface area contributed by atoms with E-state index in [0.29, 0.717) is 22.2 Å². The molecule has 35 heavy (non-hydrogen) atoms. The first kappa shape index (κ1) is 24.2. The number of anilines is 3. The third kappa shape index (κ3) is 6.16. The van der Waals surface area contributed by atoms with E-state index in [4.69, 9.17) is 17.0 Å². The number of carbonyl (C=O) groups excluding carboxylic acids is 2. The van der Waals surface area contributed by atoms with Gasteiger partial charge in [0.25, 0.3) is 5.91 Å². The normalized spacial score (nSPS) is 14.2. The lowest BCUT2D eigenvalue weighted by atomic mass is 10.1. The minimum Gasteiger partial charge on any atom is -0.330 e. The van der Waals surface area contributed by atoms with Crippen molar-refractivity contribution in [2.45, 2.75) is 25.3 Å². The first-order valence-electron chi connectivity index (χ1n) is 11.2. The van der Waals surface area contributed by atoms with Gasteiger partial charge in [-0.15, -0.1) is 0 Å². The Morgan fingerprint density at radius 2 is 1.57 bits per heavy atom. The maximum Gasteiger partial charge on any atom is 0.320 e. The number of piperidine rings is 1. The van der Waals surface area contributed by atoms with Gasteiger partial charge >= 0.3 is 6.03 Å². The second kappa shape index (κ2) is 11.0. The quantitative estimate of drug-likeness (QED) is 0.341. The van der Waals surface area contributed by atoms with E-state index in [1.165, 1.54) is 18.2 Å². The molecular weight excluding hydrogens is 469 g/mol. The van der Waals surface area contributed by atoms with Gasteiger partial charge in [0.05, 0.1) is 0 Å². The second-order valence-corrected chi connectivity index (χ2v) is 8.59. The van der Waals surface area contributed by atoms with Crippen LogP contribution in [0, 0.1) is 11.2 Å². The van der Waals surface area contributed by atoms with Crippen LogP contribution in [0.15, 0.2) is 72.8 Å². The van der Waals surface area contributed by atoms with Gasteiger partial charge in [0.1, 0.15) is 17.7 Å². The molecule has 1 aliphatic heterocycles. The van der Waals surface area contributed by atoms with Crippen molar-refractivity contribution in [1.29, 1.82) is 5.41 Å². The van der Waals surface area contributed by atoms with Crippen LogP contribution in [0.3, 0.4) is 0 Å². The van der Waals surface area contributed by atoms with Crippen LogP contribution in [-0.2, 0) is 4.79 Å². The Balaban J connectivity index is 1.49. The first-order chi connectivity index (χ1) is 16.9. The maximum absolute atomic E-state index is 14.6. The Labute approximate surface area is 207 Å². The number of rotatable bonds is 6. The Hall–Kier alpha value is -3.91. The van der Waals surface area contributed by atoms with E-state index in [2.05, 4.69) is 16.0 Å². The molecule has 3 amide bonds. The summed E-state index contributed by atoms with van der Waals surface area (Å²) in [5, 5.41) is 16.6. The van der Waals surface area contributed by atoms with Crippen LogP contribution < -0.4 is 20.9 Å². The molecule has 1 heterocycles. The van der Waals surface area contributed by atoms with Gasteiger partial charge in [0.15, 0.2) is 0 Å². The molecule has 3 aromatic rings. The fourth-order valence-corrected chi connectivity index (χ4v) is 4.01. The molecule has 1 saturated heterocycles. The summed E-state index contributed by atoms with van der Waals surface area (Å²) in [6.45, 7) is 0.784. The fourth-order valence-electron chi connectivity index (χ4n) is 3.88. The predicted octanol–water partition coefficient (Wildman–Crippen LogP) is 5.95. The SMILES string of the molecule is N=C1CCCCN1c1ccc(NC(=O)[C@H](NC(=O)Nc2ccc(Cl)cc2)c2ccccc2F)cc1. The molecule has 4 N–H and O–H groups in total.